The maximum Gasteiger partial charge on any atom is 0.317 e. The van der Waals surface area contributed by atoms with Gasteiger partial charge in [0.25, 0.3) is 0 Å². The van der Waals surface area contributed by atoms with E-state index in [4.69, 9.17) is 0 Å². The number of aryl methyl sites for hydroxylation is 1. The molecule has 1 atom stereocenters. The quantitative estimate of drug-likeness (QED) is 0.907. The second-order valence-corrected chi connectivity index (χ2v) is 7.18. The summed E-state index contributed by atoms with van der Waals surface area (Å²) in [4.78, 5) is 16.0. The fourth-order valence-electron chi connectivity index (χ4n) is 2.07. The Morgan fingerprint density at radius 3 is 2.36 bits per heavy atom. The molecule has 0 radical (unpaired) electrons. The average Bonchev–Trinajstić information content (AvgIpc) is 2.77. The molecule has 22 heavy (non-hydrogen) atoms. The van der Waals surface area contributed by atoms with Crippen LogP contribution in [0.1, 0.15) is 45.0 Å². The molecule has 6 nitrogen and oxygen atoms in total. The van der Waals surface area contributed by atoms with E-state index in [-0.39, 0.29) is 17.6 Å². The molecule has 0 saturated heterocycles. The molecule has 0 bridgehead atoms. The fraction of sp³-hybridized carbons (Fsp3) is 0.750. The highest BCUT2D eigenvalue weighted by atomic mass is 16.2. The van der Waals surface area contributed by atoms with Crippen molar-refractivity contribution in [2.24, 2.45) is 0 Å². The summed E-state index contributed by atoms with van der Waals surface area (Å²) >= 11 is 0. The third-order valence-electron chi connectivity index (χ3n) is 3.66. The Balaban J connectivity index is 2.71. The number of hydrogen-bond acceptors (Lipinski definition) is 3. The Kier molecular flexibility index (Phi) is 6.00. The number of carbonyl (C=O) groups is 1. The lowest BCUT2D eigenvalue weighted by Gasteiger charge is -2.23. The molecule has 1 aromatic rings. The van der Waals surface area contributed by atoms with E-state index in [1.54, 1.807) is 4.90 Å². The summed E-state index contributed by atoms with van der Waals surface area (Å²) < 4.78 is 1.95. The standard InChI is InChI=1S/C16H31N5O/c1-12(17-15(22)20(8)10-9-19(6)7)14-11-21(16(3,4)5)18-13(14)2/h11-12H,9-10H2,1-8H3,(H,17,22)/t12-/m0/s1. The minimum absolute atomic E-state index is 0.0581. The van der Waals surface area contributed by atoms with Crippen molar-refractivity contribution in [1.82, 2.24) is 24.9 Å². The van der Waals surface area contributed by atoms with E-state index >= 15 is 0 Å². The number of carbonyl (C=O) groups excluding carboxylic acids is 1. The highest BCUT2D eigenvalue weighted by Gasteiger charge is 2.21. The minimum Gasteiger partial charge on any atom is -0.331 e. The van der Waals surface area contributed by atoms with Gasteiger partial charge in [-0.15, -0.1) is 0 Å². The average molecular weight is 309 g/mol. The van der Waals surface area contributed by atoms with Crippen LogP contribution < -0.4 is 5.32 Å². The van der Waals surface area contributed by atoms with E-state index < -0.39 is 0 Å². The second kappa shape index (κ2) is 7.13. The molecule has 1 aromatic heterocycles. The zero-order chi connectivity index (χ0) is 17.1. The lowest BCUT2D eigenvalue weighted by Crippen LogP contribution is -2.41. The summed E-state index contributed by atoms with van der Waals surface area (Å²) in [6.45, 7) is 11.9. The molecule has 0 fully saturated rings. The number of rotatable bonds is 5. The lowest BCUT2D eigenvalue weighted by atomic mass is 10.1. The molecular formula is C16H31N5O. The van der Waals surface area contributed by atoms with E-state index in [2.05, 4.69) is 36.1 Å². The van der Waals surface area contributed by atoms with Crippen molar-refractivity contribution in [3.63, 3.8) is 0 Å². The normalized spacial score (nSPS) is 13.3. The fourth-order valence-corrected chi connectivity index (χ4v) is 2.07. The Morgan fingerprint density at radius 1 is 1.32 bits per heavy atom. The number of nitrogens with zero attached hydrogens (tertiary/aromatic N) is 4. The van der Waals surface area contributed by atoms with Gasteiger partial charge in [-0.05, 0) is 48.7 Å². The van der Waals surface area contributed by atoms with Crippen LogP contribution in [0, 0.1) is 6.92 Å². The van der Waals surface area contributed by atoms with Gasteiger partial charge in [-0.25, -0.2) is 4.79 Å². The molecule has 6 heteroatoms. The van der Waals surface area contributed by atoms with Gasteiger partial charge in [0, 0.05) is 31.9 Å². The molecule has 2 amide bonds. The largest absolute Gasteiger partial charge is 0.331 e. The van der Waals surface area contributed by atoms with Gasteiger partial charge < -0.3 is 15.1 Å². The van der Waals surface area contributed by atoms with Crippen molar-refractivity contribution in [2.75, 3.05) is 34.2 Å². The van der Waals surface area contributed by atoms with Gasteiger partial charge in [-0.2, -0.15) is 5.10 Å². The topological polar surface area (TPSA) is 53.4 Å². The highest BCUT2D eigenvalue weighted by Crippen LogP contribution is 2.21. The van der Waals surface area contributed by atoms with Gasteiger partial charge in [0.05, 0.1) is 17.3 Å². The van der Waals surface area contributed by atoms with Crippen LogP contribution in [0.5, 0.6) is 0 Å². The monoisotopic (exact) mass is 309 g/mol. The zero-order valence-corrected chi connectivity index (χ0v) is 15.3. The van der Waals surface area contributed by atoms with Gasteiger partial charge in [-0.1, -0.05) is 0 Å². The maximum atomic E-state index is 12.2. The molecule has 0 aliphatic heterocycles. The van der Waals surface area contributed by atoms with E-state index in [1.165, 1.54) is 0 Å². The highest BCUT2D eigenvalue weighted by molar-refractivity contribution is 5.74. The van der Waals surface area contributed by atoms with Gasteiger partial charge in [0.2, 0.25) is 0 Å². The van der Waals surface area contributed by atoms with Crippen LogP contribution >= 0.6 is 0 Å². The Labute approximate surface area is 134 Å². The predicted octanol–water partition coefficient (Wildman–Crippen LogP) is 2.21. The van der Waals surface area contributed by atoms with Gasteiger partial charge in [0.15, 0.2) is 0 Å². The van der Waals surface area contributed by atoms with Crippen LogP contribution in [0.3, 0.4) is 0 Å². The molecule has 0 aromatic carbocycles. The van der Waals surface area contributed by atoms with Gasteiger partial charge in [-0.3, -0.25) is 4.68 Å². The second-order valence-electron chi connectivity index (χ2n) is 7.18. The Morgan fingerprint density at radius 2 is 1.91 bits per heavy atom. The summed E-state index contributed by atoms with van der Waals surface area (Å²) in [5.74, 6) is 0. The molecular weight excluding hydrogens is 278 g/mol. The first-order valence-corrected chi connectivity index (χ1v) is 7.75. The molecule has 1 N–H and O–H groups in total. The third-order valence-corrected chi connectivity index (χ3v) is 3.66. The SMILES string of the molecule is Cc1nn(C(C)(C)C)cc1[C@H](C)NC(=O)N(C)CCN(C)C. The lowest BCUT2D eigenvalue weighted by molar-refractivity contribution is 0.200. The van der Waals surface area contributed by atoms with Gasteiger partial charge >= 0.3 is 6.03 Å². The van der Waals surface area contributed by atoms with E-state index in [0.717, 1.165) is 17.8 Å². The summed E-state index contributed by atoms with van der Waals surface area (Å²) in [6.07, 6.45) is 2.03. The molecule has 1 heterocycles. The van der Waals surface area contributed by atoms with Crippen LogP contribution in [-0.2, 0) is 5.54 Å². The minimum atomic E-state index is -0.0644. The molecule has 0 spiro atoms. The van der Waals surface area contributed by atoms with Crippen molar-refractivity contribution in [3.05, 3.63) is 17.5 Å². The first-order valence-electron chi connectivity index (χ1n) is 7.75. The van der Waals surface area contributed by atoms with Crippen LogP contribution in [0.2, 0.25) is 0 Å². The number of urea groups is 1. The Bertz CT molecular complexity index is 501. The van der Waals surface area contributed by atoms with Crippen molar-refractivity contribution >= 4 is 6.03 Å². The molecule has 0 aliphatic rings. The number of nitrogens with one attached hydrogen (secondary N) is 1. The van der Waals surface area contributed by atoms with Crippen molar-refractivity contribution in [3.8, 4) is 0 Å². The van der Waals surface area contributed by atoms with Crippen molar-refractivity contribution in [1.29, 1.82) is 0 Å². The molecule has 1 rings (SSSR count). The Hall–Kier alpha value is -1.56. The van der Waals surface area contributed by atoms with E-state index in [0.29, 0.717) is 6.54 Å². The molecule has 0 aliphatic carbocycles. The number of aromatic nitrogens is 2. The number of hydrogen-bond donors (Lipinski definition) is 1. The van der Waals surface area contributed by atoms with Crippen LogP contribution in [0.25, 0.3) is 0 Å². The first kappa shape index (κ1) is 18.5. The number of amides is 2. The van der Waals surface area contributed by atoms with E-state index in [1.807, 2.05) is 45.9 Å². The first-order chi connectivity index (χ1) is 10.0. The third kappa shape index (κ3) is 5.02. The van der Waals surface area contributed by atoms with Crippen molar-refractivity contribution in [2.45, 2.75) is 46.2 Å². The summed E-state index contributed by atoms with van der Waals surface area (Å²) in [5.41, 5.74) is 1.96. The maximum absolute atomic E-state index is 12.2. The smallest absolute Gasteiger partial charge is 0.317 e. The number of likely N-dealkylation sites (N-methyl/N-ethyl adjacent to an activating group) is 2. The molecule has 0 saturated carbocycles. The van der Waals surface area contributed by atoms with Crippen LogP contribution in [0.4, 0.5) is 4.79 Å². The van der Waals surface area contributed by atoms with Gasteiger partial charge in [0.1, 0.15) is 0 Å². The summed E-state index contributed by atoms with van der Waals surface area (Å²) in [5, 5.41) is 7.60. The van der Waals surface area contributed by atoms with Crippen molar-refractivity contribution < 1.29 is 4.79 Å². The van der Waals surface area contributed by atoms with Crippen LogP contribution in [0.15, 0.2) is 6.20 Å². The summed E-state index contributed by atoms with van der Waals surface area (Å²) in [6, 6.07) is -0.123. The van der Waals surface area contributed by atoms with Crippen LogP contribution in [-0.4, -0.2) is 59.8 Å². The molecule has 0 unspecified atom stereocenters. The molecule has 126 valence electrons. The predicted molar refractivity (Wildman–Crippen MR) is 90.1 cm³/mol. The van der Waals surface area contributed by atoms with E-state index in [9.17, 15) is 4.79 Å². The summed E-state index contributed by atoms with van der Waals surface area (Å²) in [7, 11) is 5.81. The zero-order valence-electron chi connectivity index (χ0n) is 15.3.